The Morgan fingerprint density at radius 2 is 1.67 bits per heavy atom. The topological polar surface area (TPSA) is 95.1 Å². The van der Waals surface area contributed by atoms with Crippen molar-refractivity contribution in [3.05, 3.63) is 77.6 Å². The van der Waals surface area contributed by atoms with Crippen LogP contribution in [0.4, 0.5) is 4.39 Å². The Kier molecular flexibility index (Phi) is 6.13. The summed E-state index contributed by atoms with van der Waals surface area (Å²) in [6, 6.07) is 9.01. The van der Waals surface area contributed by atoms with Crippen molar-refractivity contribution in [1.82, 2.24) is 14.1 Å². The highest BCUT2D eigenvalue weighted by molar-refractivity contribution is 7.89. The Labute approximate surface area is 190 Å². The van der Waals surface area contributed by atoms with Gasteiger partial charge in [0.05, 0.1) is 16.0 Å². The van der Waals surface area contributed by atoms with Crippen LogP contribution in [0.5, 0.6) is 0 Å². The quantitative estimate of drug-likeness (QED) is 0.492. The molecule has 0 radical (unpaired) electrons. The van der Waals surface area contributed by atoms with Crippen LogP contribution in [0.1, 0.15) is 37.5 Å². The van der Waals surface area contributed by atoms with Crippen molar-refractivity contribution >= 4 is 27.7 Å². The molecule has 3 amide bonds. The summed E-state index contributed by atoms with van der Waals surface area (Å²) >= 11 is 0. The second-order valence-corrected chi connectivity index (χ2v) is 9.71. The molecule has 172 valence electrons. The summed E-state index contributed by atoms with van der Waals surface area (Å²) in [4.78, 5) is 40.6. The lowest BCUT2D eigenvalue weighted by Crippen LogP contribution is -2.37. The number of hydrogen-bond acceptors (Lipinski definition) is 5. The average molecular weight is 472 g/mol. The van der Waals surface area contributed by atoms with E-state index in [0.717, 1.165) is 17.0 Å². The van der Waals surface area contributed by atoms with Gasteiger partial charge in [0.2, 0.25) is 10.0 Å². The molecule has 0 saturated carbocycles. The molecule has 0 bridgehead atoms. The van der Waals surface area contributed by atoms with Gasteiger partial charge in [-0.2, -0.15) is 4.31 Å². The molecular formula is C23H22FN3O5S. The highest BCUT2D eigenvalue weighted by Crippen LogP contribution is 2.25. The van der Waals surface area contributed by atoms with E-state index in [1.165, 1.54) is 45.6 Å². The van der Waals surface area contributed by atoms with Crippen LogP contribution >= 0.6 is 0 Å². The van der Waals surface area contributed by atoms with Crippen molar-refractivity contribution in [2.24, 2.45) is 0 Å². The molecule has 2 heterocycles. The number of amides is 3. The fourth-order valence-corrected chi connectivity index (χ4v) is 5.46. The van der Waals surface area contributed by atoms with Gasteiger partial charge in [0.15, 0.2) is 0 Å². The zero-order chi connectivity index (χ0) is 23.8. The zero-order valence-electron chi connectivity index (χ0n) is 17.7. The van der Waals surface area contributed by atoms with Crippen molar-refractivity contribution in [1.29, 1.82) is 0 Å². The van der Waals surface area contributed by atoms with Gasteiger partial charge in [-0.05, 0) is 48.9 Å². The highest BCUT2D eigenvalue weighted by atomic mass is 32.2. The van der Waals surface area contributed by atoms with Crippen molar-refractivity contribution in [2.75, 3.05) is 32.7 Å². The van der Waals surface area contributed by atoms with Gasteiger partial charge >= 0.3 is 0 Å². The van der Waals surface area contributed by atoms with E-state index in [-0.39, 0.29) is 53.7 Å². The third kappa shape index (κ3) is 4.19. The van der Waals surface area contributed by atoms with Crippen LogP contribution in [0.3, 0.4) is 0 Å². The highest BCUT2D eigenvalue weighted by Gasteiger charge is 2.36. The summed E-state index contributed by atoms with van der Waals surface area (Å²) in [5.41, 5.74) is 0.666. The average Bonchev–Trinajstić information content (AvgIpc) is 2.97. The van der Waals surface area contributed by atoms with Gasteiger partial charge in [-0.3, -0.25) is 19.3 Å². The minimum atomic E-state index is -3.82. The van der Waals surface area contributed by atoms with Gasteiger partial charge in [-0.1, -0.05) is 6.08 Å². The number of rotatable bonds is 5. The van der Waals surface area contributed by atoms with Gasteiger partial charge in [-0.15, -0.1) is 6.58 Å². The maximum atomic E-state index is 13.2. The molecule has 2 aromatic rings. The van der Waals surface area contributed by atoms with Crippen molar-refractivity contribution < 1.29 is 27.2 Å². The third-order valence-corrected chi connectivity index (χ3v) is 7.64. The van der Waals surface area contributed by atoms with E-state index in [4.69, 9.17) is 0 Å². The predicted octanol–water partition coefficient (Wildman–Crippen LogP) is 2.14. The normalized spacial score (nSPS) is 17.1. The van der Waals surface area contributed by atoms with Crippen molar-refractivity contribution in [3.63, 3.8) is 0 Å². The Hall–Kier alpha value is -3.37. The fourth-order valence-electron chi connectivity index (χ4n) is 3.99. The second-order valence-electron chi connectivity index (χ2n) is 7.77. The van der Waals surface area contributed by atoms with Crippen LogP contribution in [0, 0.1) is 5.82 Å². The molecule has 1 fully saturated rings. The van der Waals surface area contributed by atoms with Gasteiger partial charge < -0.3 is 4.90 Å². The minimum Gasteiger partial charge on any atom is -0.337 e. The van der Waals surface area contributed by atoms with Crippen LogP contribution < -0.4 is 0 Å². The molecule has 8 nitrogen and oxygen atoms in total. The Morgan fingerprint density at radius 3 is 2.36 bits per heavy atom. The maximum Gasteiger partial charge on any atom is 0.261 e. The number of fused-ring (bicyclic) bond motifs is 1. The lowest BCUT2D eigenvalue weighted by molar-refractivity contribution is 0.0671. The van der Waals surface area contributed by atoms with Crippen LogP contribution in [0.25, 0.3) is 0 Å². The Bertz CT molecular complexity index is 1240. The van der Waals surface area contributed by atoms with E-state index >= 15 is 0 Å². The second kappa shape index (κ2) is 8.87. The molecule has 1 saturated heterocycles. The molecule has 0 unspecified atom stereocenters. The summed E-state index contributed by atoms with van der Waals surface area (Å²) in [6.07, 6.45) is 1.87. The fraction of sp³-hybridized carbons (Fsp3) is 0.261. The molecule has 0 atom stereocenters. The first-order valence-corrected chi connectivity index (χ1v) is 11.8. The lowest BCUT2D eigenvalue weighted by atomic mass is 10.0. The number of carbonyl (C=O) groups excluding carboxylic acids is 3. The molecular weight excluding hydrogens is 449 g/mol. The zero-order valence-corrected chi connectivity index (χ0v) is 18.6. The number of benzene rings is 2. The maximum absolute atomic E-state index is 13.2. The van der Waals surface area contributed by atoms with Crippen molar-refractivity contribution in [2.45, 2.75) is 11.3 Å². The standard InChI is InChI=1S/C23H22FN3O5S/c1-2-10-27-22(29)19-9-4-16(15-20(19)23(27)30)21(28)25-11-3-12-26(14-13-25)33(31,32)18-7-5-17(24)6-8-18/h2,4-9,15H,1,3,10-14H2. The smallest absolute Gasteiger partial charge is 0.261 e. The van der Waals surface area contributed by atoms with Gasteiger partial charge in [0.1, 0.15) is 5.82 Å². The van der Waals surface area contributed by atoms with Crippen LogP contribution in [0.15, 0.2) is 60.0 Å². The monoisotopic (exact) mass is 471 g/mol. The Balaban J connectivity index is 1.50. The first-order valence-electron chi connectivity index (χ1n) is 10.4. The van der Waals surface area contributed by atoms with Crippen molar-refractivity contribution in [3.8, 4) is 0 Å². The summed E-state index contributed by atoms with van der Waals surface area (Å²) < 4.78 is 40.2. The molecule has 0 aliphatic carbocycles. The van der Waals surface area contributed by atoms with E-state index in [1.54, 1.807) is 0 Å². The molecule has 10 heteroatoms. The molecule has 2 aromatic carbocycles. The summed E-state index contributed by atoms with van der Waals surface area (Å²) in [6.45, 7) is 4.43. The van der Waals surface area contributed by atoms with Crippen LogP contribution in [-0.4, -0.2) is 73.0 Å². The van der Waals surface area contributed by atoms with Gasteiger partial charge in [0.25, 0.3) is 17.7 Å². The van der Waals surface area contributed by atoms with E-state index in [1.807, 2.05) is 0 Å². The van der Waals surface area contributed by atoms with E-state index in [0.29, 0.717) is 13.0 Å². The third-order valence-electron chi connectivity index (χ3n) is 5.72. The van der Waals surface area contributed by atoms with Crippen LogP contribution in [0.2, 0.25) is 0 Å². The molecule has 33 heavy (non-hydrogen) atoms. The van der Waals surface area contributed by atoms with Gasteiger partial charge in [-0.25, -0.2) is 12.8 Å². The summed E-state index contributed by atoms with van der Waals surface area (Å²) in [7, 11) is -3.82. The predicted molar refractivity (Wildman–Crippen MR) is 118 cm³/mol. The number of carbonyl (C=O) groups is 3. The summed E-state index contributed by atoms with van der Waals surface area (Å²) in [5.74, 6) is -1.77. The lowest BCUT2D eigenvalue weighted by Gasteiger charge is -2.22. The number of imide groups is 1. The first kappa shape index (κ1) is 22.8. The molecule has 0 aromatic heterocycles. The molecule has 4 rings (SSSR count). The van der Waals surface area contributed by atoms with E-state index in [9.17, 15) is 27.2 Å². The Morgan fingerprint density at radius 1 is 0.970 bits per heavy atom. The van der Waals surface area contributed by atoms with E-state index < -0.39 is 27.7 Å². The summed E-state index contributed by atoms with van der Waals surface area (Å²) in [5, 5.41) is 0. The molecule has 2 aliphatic heterocycles. The van der Waals surface area contributed by atoms with E-state index in [2.05, 4.69) is 6.58 Å². The molecule has 2 aliphatic rings. The first-order chi connectivity index (χ1) is 15.7. The number of sulfonamides is 1. The largest absolute Gasteiger partial charge is 0.337 e. The number of halogens is 1. The molecule has 0 N–H and O–H groups in total. The molecule has 0 spiro atoms. The number of hydrogen-bond donors (Lipinski definition) is 0. The SMILES string of the molecule is C=CCN1C(=O)c2ccc(C(=O)N3CCCN(S(=O)(=O)c4ccc(F)cc4)CC3)cc2C1=O. The van der Waals surface area contributed by atoms with Gasteiger partial charge in [0, 0.05) is 38.3 Å². The van der Waals surface area contributed by atoms with Crippen LogP contribution in [-0.2, 0) is 10.0 Å². The number of nitrogens with zero attached hydrogens (tertiary/aromatic N) is 3. The minimum absolute atomic E-state index is 0.00504.